The fraction of sp³-hybridized carbons (Fsp3) is 0.615. The van der Waals surface area contributed by atoms with Crippen molar-refractivity contribution in [3.8, 4) is 0 Å². The van der Waals surface area contributed by atoms with Crippen molar-refractivity contribution in [2.24, 2.45) is 5.41 Å². The molecule has 0 aliphatic heterocycles. The van der Waals surface area contributed by atoms with Gasteiger partial charge in [-0.3, -0.25) is 10.1 Å². The minimum atomic E-state index is -0.457. The van der Waals surface area contributed by atoms with E-state index in [1.165, 1.54) is 44.2 Å². The van der Waals surface area contributed by atoms with E-state index in [-0.39, 0.29) is 16.3 Å². The fourth-order valence-electron chi connectivity index (χ4n) is 2.57. The number of hydrogen-bond acceptors (Lipinski definition) is 4. The summed E-state index contributed by atoms with van der Waals surface area (Å²) in [5.41, 5.74) is 0.216. The Morgan fingerprint density at radius 3 is 2.74 bits per heavy atom. The Morgan fingerprint density at radius 1 is 1.42 bits per heavy atom. The summed E-state index contributed by atoms with van der Waals surface area (Å²) in [7, 11) is 0. The van der Waals surface area contributed by atoms with Crippen molar-refractivity contribution in [3.63, 3.8) is 0 Å². The molecule has 0 radical (unpaired) electrons. The molecular weight excluding hydrogens is 266 g/mol. The van der Waals surface area contributed by atoms with Crippen LogP contribution in [0.1, 0.15) is 39.0 Å². The van der Waals surface area contributed by atoms with E-state index >= 15 is 0 Å². The standard InChI is InChI=1S/C13H18ClN3O2/c1-13(5-3-2-4-6-13)9-15-12-8-10(17(18)19)7-11(14)16-12/h7-8H,2-6,9H2,1H3,(H,15,16). The van der Waals surface area contributed by atoms with Crippen molar-refractivity contribution in [2.75, 3.05) is 11.9 Å². The van der Waals surface area contributed by atoms with Crippen LogP contribution in [0, 0.1) is 15.5 Å². The first kappa shape index (κ1) is 14.1. The molecule has 0 aromatic carbocycles. The van der Waals surface area contributed by atoms with Gasteiger partial charge in [0.25, 0.3) is 5.69 Å². The molecule has 2 rings (SSSR count). The van der Waals surface area contributed by atoms with Crippen molar-refractivity contribution < 1.29 is 4.92 Å². The Kier molecular flexibility index (Phi) is 4.24. The van der Waals surface area contributed by atoms with Crippen molar-refractivity contribution in [1.82, 2.24) is 4.98 Å². The summed E-state index contributed by atoms with van der Waals surface area (Å²) in [6.45, 7) is 3.02. The number of halogens is 1. The molecule has 0 amide bonds. The fourth-order valence-corrected chi connectivity index (χ4v) is 2.77. The van der Waals surface area contributed by atoms with E-state index in [1.807, 2.05) is 0 Å². The van der Waals surface area contributed by atoms with Gasteiger partial charge in [0.1, 0.15) is 11.0 Å². The number of anilines is 1. The highest BCUT2D eigenvalue weighted by Crippen LogP contribution is 2.35. The monoisotopic (exact) mass is 283 g/mol. The lowest BCUT2D eigenvalue weighted by molar-refractivity contribution is -0.384. The highest BCUT2D eigenvalue weighted by Gasteiger charge is 2.26. The summed E-state index contributed by atoms with van der Waals surface area (Å²) in [5, 5.41) is 14.1. The molecule has 0 bridgehead atoms. The van der Waals surface area contributed by atoms with Crippen molar-refractivity contribution in [1.29, 1.82) is 0 Å². The minimum absolute atomic E-state index is 0.0312. The summed E-state index contributed by atoms with van der Waals surface area (Å²) < 4.78 is 0. The Hall–Kier alpha value is -1.36. The maximum atomic E-state index is 10.8. The van der Waals surface area contributed by atoms with Gasteiger partial charge in [0.05, 0.1) is 17.1 Å². The molecule has 0 spiro atoms. The molecule has 0 unspecified atom stereocenters. The van der Waals surface area contributed by atoms with Crippen molar-refractivity contribution >= 4 is 23.1 Å². The Balaban J connectivity index is 2.04. The summed E-state index contributed by atoms with van der Waals surface area (Å²) in [6, 6.07) is 2.69. The Bertz CT molecular complexity index is 473. The van der Waals surface area contributed by atoms with Gasteiger partial charge in [-0.25, -0.2) is 4.98 Å². The van der Waals surface area contributed by atoms with Gasteiger partial charge < -0.3 is 5.32 Å². The van der Waals surface area contributed by atoms with E-state index < -0.39 is 4.92 Å². The molecule has 1 N–H and O–H groups in total. The van der Waals surface area contributed by atoms with Crippen LogP contribution in [0.3, 0.4) is 0 Å². The maximum absolute atomic E-state index is 10.8. The molecule has 19 heavy (non-hydrogen) atoms. The molecule has 1 fully saturated rings. The lowest BCUT2D eigenvalue weighted by atomic mass is 9.76. The number of aromatic nitrogens is 1. The highest BCUT2D eigenvalue weighted by molar-refractivity contribution is 6.29. The van der Waals surface area contributed by atoms with E-state index in [2.05, 4.69) is 17.2 Å². The predicted octanol–water partition coefficient (Wildman–Crippen LogP) is 4.03. The number of nitrogens with one attached hydrogen (secondary N) is 1. The van der Waals surface area contributed by atoms with Crippen LogP contribution in [0.4, 0.5) is 11.5 Å². The highest BCUT2D eigenvalue weighted by atomic mass is 35.5. The molecule has 6 heteroatoms. The topological polar surface area (TPSA) is 68.1 Å². The molecule has 0 atom stereocenters. The average molecular weight is 284 g/mol. The van der Waals surface area contributed by atoms with Crippen LogP contribution in [0.5, 0.6) is 0 Å². The second-order valence-electron chi connectivity index (χ2n) is 5.52. The average Bonchev–Trinajstić information content (AvgIpc) is 2.37. The smallest absolute Gasteiger partial charge is 0.276 e. The van der Waals surface area contributed by atoms with E-state index in [4.69, 9.17) is 11.6 Å². The van der Waals surface area contributed by atoms with E-state index in [0.717, 1.165) is 6.54 Å². The molecule has 0 saturated heterocycles. The van der Waals surface area contributed by atoms with Gasteiger partial charge in [-0.2, -0.15) is 0 Å². The van der Waals surface area contributed by atoms with Crippen LogP contribution in [0.25, 0.3) is 0 Å². The Labute approximate surface area is 117 Å². The molecule has 1 heterocycles. The quantitative estimate of drug-likeness (QED) is 0.515. The lowest BCUT2D eigenvalue weighted by Gasteiger charge is -2.33. The normalized spacial score (nSPS) is 18.0. The van der Waals surface area contributed by atoms with Crippen molar-refractivity contribution in [3.05, 3.63) is 27.4 Å². The number of rotatable bonds is 4. The second-order valence-corrected chi connectivity index (χ2v) is 5.90. The van der Waals surface area contributed by atoms with Gasteiger partial charge in [0.2, 0.25) is 0 Å². The molecule has 1 aliphatic carbocycles. The molecule has 1 aromatic rings. The third-order valence-corrected chi connectivity index (χ3v) is 3.94. The van der Waals surface area contributed by atoms with E-state index in [1.54, 1.807) is 0 Å². The third kappa shape index (κ3) is 3.80. The lowest BCUT2D eigenvalue weighted by Crippen LogP contribution is -2.29. The summed E-state index contributed by atoms with van der Waals surface area (Å²) in [4.78, 5) is 14.4. The molecule has 1 saturated carbocycles. The number of nitro groups is 1. The van der Waals surface area contributed by atoms with Crippen LogP contribution in [-0.2, 0) is 0 Å². The van der Waals surface area contributed by atoms with Gasteiger partial charge in [0.15, 0.2) is 0 Å². The van der Waals surface area contributed by atoms with Gasteiger partial charge >= 0.3 is 0 Å². The largest absolute Gasteiger partial charge is 0.369 e. The number of hydrogen-bond donors (Lipinski definition) is 1. The Morgan fingerprint density at radius 2 is 2.11 bits per heavy atom. The molecule has 1 aromatic heterocycles. The van der Waals surface area contributed by atoms with Gasteiger partial charge in [-0.1, -0.05) is 37.8 Å². The van der Waals surface area contributed by atoms with Crippen LogP contribution in [0.2, 0.25) is 5.15 Å². The minimum Gasteiger partial charge on any atom is -0.369 e. The molecule has 1 aliphatic rings. The third-order valence-electron chi connectivity index (χ3n) is 3.75. The second kappa shape index (κ2) is 5.74. The van der Waals surface area contributed by atoms with Crippen LogP contribution in [0.15, 0.2) is 12.1 Å². The van der Waals surface area contributed by atoms with Crippen molar-refractivity contribution in [2.45, 2.75) is 39.0 Å². The number of pyridine rings is 1. The first-order chi connectivity index (χ1) is 8.98. The van der Waals surface area contributed by atoms with Crippen LogP contribution in [-0.4, -0.2) is 16.5 Å². The summed E-state index contributed by atoms with van der Waals surface area (Å²) in [6.07, 6.45) is 6.17. The van der Waals surface area contributed by atoms with E-state index in [0.29, 0.717) is 5.82 Å². The predicted molar refractivity (Wildman–Crippen MR) is 75.6 cm³/mol. The zero-order chi connectivity index (χ0) is 13.9. The van der Waals surface area contributed by atoms with Gasteiger partial charge in [-0.05, 0) is 18.3 Å². The van der Waals surface area contributed by atoms with E-state index in [9.17, 15) is 10.1 Å². The first-order valence-corrected chi connectivity index (χ1v) is 6.92. The molecule has 5 nitrogen and oxygen atoms in total. The van der Waals surface area contributed by atoms with Crippen LogP contribution >= 0.6 is 11.6 Å². The van der Waals surface area contributed by atoms with Gasteiger partial charge in [0, 0.05) is 6.54 Å². The molecule has 104 valence electrons. The maximum Gasteiger partial charge on any atom is 0.276 e. The first-order valence-electron chi connectivity index (χ1n) is 6.54. The van der Waals surface area contributed by atoms with Crippen LogP contribution < -0.4 is 5.32 Å². The van der Waals surface area contributed by atoms with Gasteiger partial charge in [-0.15, -0.1) is 0 Å². The summed E-state index contributed by atoms with van der Waals surface area (Å²) >= 11 is 5.79. The zero-order valence-corrected chi connectivity index (χ0v) is 11.7. The SMILES string of the molecule is CC1(CNc2cc([N+](=O)[O-])cc(Cl)n2)CCCCC1. The number of nitrogens with zero attached hydrogens (tertiary/aromatic N) is 2. The zero-order valence-electron chi connectivity index (χ0n) is 11.0. The molecular formula is C13H18ClN3O2. The summed E-state index contributed by atoms with van der Waals surface area (Å²) in [5.74, 6) is 0.478.